The van der Waals surface area contributed by atoms with Gasteiger partial charge in [-0.2, -0.15) is 0 Å². The molecule has 2 heterocycles. The van der Waals surface area contributed by atoms with Gasteiger partial charge in [0.2, 0.25) is 0 Å². The minimum Gasteiger partial charge on any atom is -0.385 e. The molecule has 102 valence electrons. The molecule has 1 aromatic heterocycles. The van der Waals surface area contributed by atoms with Crippen LogP contribution in [0, 0.1) is 0 Å². The first-order chi connectivity index (χ1) is 9.72. The number of rotatable bonds is 2. The second-order valence-electron chi connectivity index (χ2n) is 4.72. The third-order valence-electron chi connectivity index (χ3n) is 3.29. The Kier molecular flexibility index (Phi) is 3.56. The fourth-order valence-corrected chi connectivity index (χ4v) is 2.47. The highest BCUT2D eigenvalue weighted by molar-refractivity contribution is 6.29. The molecule has 2 N–H and O–H groups in total. The highest BCUT2D eigenvalue weighted by Gasteiger charge is 2.12. The Hall–Kier alpha value is -2.07. The van der Waals surface area contributed by atoms with Crippen LogP contribution in [0.25, 0.3) is 0 Å². The molecule has 0 atom stereocenters. The number of benzene rings is 1. The summed E-state index contributed by atoms with van der Waals surface area (Å²) in [6.45, 7) is 0.994. The molecule has 1 aliphatic heterocycles. The van der Waals surface area contributed by atoms with E-state index in [2.05, 4.69) is 15.6 Å². The van der Waals surface area contributed by atoms with Crippen LogP contribution in [-0.4, -0.2) is 17.4 Å². The molecular weight excluding hydrogens is 274 g/mol. The Balaban J connectivity index is 1.80. The van der Waals surface area contributed by atoms with Crippen LogP contribution in [0.3, 0.4) is 0 Å². The number of pyridine rings is 1. The summed E-state index contributed by atoms with van der Waals surface area (Å²) in [4.78, 5) is 16.1. The average Bonchev–Trinajstić information content (AvgIpc) is 2.47. The smallest absolute Gasteiger partial charge is 0.255 e. The Bertz CT molecular complexity index is 657. The average molecular weight is 288 g/mol. The number of aryl methyl sites for hydroxylation is 1. The zero-order valence-corrected chi connectivity index (χ0v) is 11.6. The van der Waals surface area contributed by atoms with Crippen molar-refractivity contribution in [1.82, 2.24) is 4.98 Å². The van der Waals surface area contributed by atoms with Crippen LogP contribution < -0.4 is 10.6 Å². The molecule has 0 bridgehead atoms. The van der Waals surface area contributed by atoms with Crippen molar-refractivity contribution in [3.05, 3.63) is 52.8 Å². The predicted molar refractivity (Wildman–Crippen MR) is 80.5 cm³/mol. The number of anilines is 2. The van der Waals surface area contributed by atoms with E-state index in [0.717, 1.165) is 25.1 Å². The van der Waals surface area contributed by atoms with Crippen molar-refractivity contribution >= 4 is 28.9 Å². The van der Waals surface area contributed by atoms with Crippen LogP contribution in [0.15, 0.2) is 36.5 Å². The maximum atomic E-state index is 12.2. The highest BCUT2D eigenvalue weighted by Crippen LogP contribution is 2.23. The number of carbonyl (C=O) groups is 1. The van der Waals surface area contributed by atoms with Gasteiger partial charge in [-0.3, -0.25) is 4.79 Å². The molecule has 20 heavy (non-hydrogen) atoms. The summed E-state index contributed by atoms with van der Waals surface area (Å²) in [5.41, 5.74) is 3.61. The van der Waals surface area contributed by atoms with E-state index >= 15 is 0 Å². The van der Waals surface area contributed by atoms with Gasteiger partial charge in [-0.1, -0.05) is 11.6 Å². The van der Waals surface area contributed by atoms with Crippen molar-refractivity contribution in [1.29, 1.82) is 0 Å². The third-order valence-corrected chi connectivity index (χ3v) is 3.50. The number of nitrogens with one attached hydrogen (secondary N) is 2. The monoisotopic (exact) mass is 287 g/mol. The number of halogens is 1. The van der Waals surface area contributed by atoms with E-state index in [0.29, 0.717) is 16.4 Å². The minimum absolute atomic E-state index is 0.138. The van der Waals surface area contributed by atoms with Crippen molar-refractivity contribution in [3.63, 3.8) is 0 Å². The number of fused-ring (bicyclic) bond motifs is 1. The quantitative estimate of drug-likeness (QED) is 0.833. The zero-order valence-electron chi connectivity index (χ0n) is 10.8. The van der Waals surface area contributed by atoms with Gasteiger partial charge < -0.3 is 10.6 Å². The van der Waals surface area contributed by atoms with Crippen LogP contribution in [0.1, 0.15) is 22.3 Å². The highest BCUT2D eigenvalue weighted by atomic mass is 35.5. The molecule has 1 aliphatic rings. The summed E-state index contributed by atoms with van der Waals surface area (Å²) in [6, 6.07) is 9.07. The largest absolute Gasteiger partial charge is 0.385 e. The molecule has 0 aliphatic carbocycles. The molecule has 4 nitrogen and oxygen atoms in total. The second kappa shape index (κ2) is 5.51. The fraction of sp³-hybridized carbons (Fsp3) is 0.200. The molecule has 0 unspecified atom stereocenters. The lowest BCUT2D eigenvalue weighted by Crippen LogP contribution is -2.15. The van der Waals surface area contributed by atoms with E-state index in [4.69, 9.17) is 11.6 Å². The zero-order chi connectivity index (χ0) is 13.9. The molecule has 2 aromatic rings. The third kappa shape index (κ3) is 2.75. The van der Waals surface area contributed by atoms with Gasteiger partial charge >= 0.3 is 0 Å². The first kappa shape index (κ1) is 12.9. The number of amides is 1. The van der Waals surface area contributed by atoms with Gasteiger partial charge in [0.25, 0.3) is 5.91 Å². The first-order valence-electron chi connectivity index (χ1n) is 6.52. The molecule has 0 fully saturated rings. The fourth-order valence-electron chi connectivity index (χ4n) is 2.30. The predicted octanol–water partition coefficient (Wildman–Crippen LogP) is 3.35. The van der Waals surface area contributed by atoms with E-state index in [1.807, 2.05) is 18.2 Å². The maximum absolute atomic E-state index is 12.2. The normalized spacial score (nSPS) is 13.2. The van der Waals surface area contributed by atoms with Crippen LogP contribution in [-0.2, 0) is 6.42 Å². The lowest BCUT2D eigenvalue weighted by molar-refractivity contribution is 0.102. The van der Waals surface area contributed by atoms with Crippen LogP contribution >= 0.6 is 11.6 Å². The Morgan fingerprint density at radius 3 is 3.05 bits per heavy atom. The van der Waals surface area contributed by atoms with Gasteiger partial charge in [-0.05, 0) is 48.7 Å². The summed E-state index contributed by atoms with van der Waals surface area (Å²) in [7, 11) is 0. The van der Waals surface area contributed by atoms with Crippen LogP contribution in [0.4, 0.5) is 11.4 Å². The molecule has 0 radical (unpaired) electrons. The van der Waals surface area contributed by atoms with Crippen molar-refractivity contribution in [2.75, 3.05) is 17.2 Å². The molecule has 0 saturated heterocycles. The van der Waals surface area contributed by atoms with E-state index in [1.165, 1.54) is 5.56 Å². The Morgan fingerprint density at radius 1 is 1.30 bits per heavy atom. The second-order valence-corrected chi connectivity index (χ2v) is 5.11. The van der Waals surface area contributed by atoms with Crippen LogP contribution in [0.2, 0.25) is 5.15 Å². The van der Waals surface area contributed by atoms with E-state index in [1.54, 1.807) is 18.3 Å². The molecule has 1 aromatic carbocycles. The summed E-state index contributed by atoms with van der Waals surface area (Å²) in [5.74, 6) is -0.138. The minimum atomic E-state index is -0.138. The summed E-state index contributed by atoms with van der Waals surface area (Å²) < 4.78 is 0. The summed E-state index contributed by atoms with van der Waals surface area (Å²) in [5, 5.41) is 6.51. The van der Waals surface area contributed by atoms with Crippen LogP contribution in [0.5, 0.6) is 0 Å². The Labute approximate surface area is 122 Å². The van der Waals surface area contributed by atoms with Gasteiger partial charge in [0.15, 0.2) is 0 Å². The summed E-state index contributed by atoms with van der Waals surface area (Å²) in [6.07, 6.45) is 3.66. The molecule has 3 rings (SSSR count). The number of nitrogens with zero attached hydrogens (tertiary/aromatic N) is 1. The number of hydrogen-bond donors (Lipinski definition) is 2. The lowest BCUT2D eigenvalue weighted by atomic mass is 10.0. The SMILES string of the molecule is O=C(Nc1ccnc(Cl)c1)c1ccc2c(c1)CCCN2. The first-order valence-corrected chi connectivity index (χ1v) is 6.90. The van der Waals surface area contributed by atoms with Gasteiger partial charge in [0.05, 0.1) is 0 Å². The molecule has 0 spiro atoms. The van der Waals surface area contributed by atoms with Gasteiger partial charge in [0.1, 0.15) is 5.15 Å². The van der Waals surface area contributed by atoms with Crippen molar-refractivity contribution < 1.29 is 4.79 Å². The standard InChI is InChI=1S/C15H14ClN3O/c16-14-9-12(5-7-18-14)19-15(20)11-3-4-13-10(8-11)2-1-6-17-13/h3-5,7-9,17H,1-2,6H2,(H,18,19,20). The van der Waals surface area contributed by atoms with E-state index < -0.39 is 0 Å². The maximum Gasteiger partial charge on any atom is 0.255 e. The summed E-state index contributed by atoms with van der Waals surface area (Å²) >= 11 is 5.80. The molecular formula is C15H14ClN3O. The number of hydrogen-bond acceptors (Lipinski definition) is 3. The van der Waals surface area contributed by atoms with Gasteiger partial charge in [0, 0.05) is 29.7 Å². The van der Waals surface area contributed by atoms with E-state index in [-0.39, 0.29) is 5.91 Å². The molecule has 1 amide bonds. The number of aromatic nitrogens is 1. The van der Waals surface area contributed by atoms with E-state index in [9.17, 15) is 4.79 Å². The topological polar surface area (TPSA) is 54.0 Å². The van der Waals surface area contributed by atoms with Crippen molar-refractivity contribution in [2.45, 2.75) is 12.8 Å². The van der Waals surface area contributed by atoms with Crippen molar-refractivity contribution in [2.24, 2.45) is 0 Å². The van der Waals surface area contributed by atoms with Crippen molar-refractivity contribution in [3.8, 4) is 0 Å². The lowest BCUT2D eigenvalue weighted by Gasteiger charge is -2.18. The van der Waals surface area contributed by atoms with Gasteiger partial charge in [-0.15, -0.1) is 0 Å². The Morgan fingerprint density at radius 2 is 2.20 bits per heavy atom. The molecule has 5 heteroatoms. The molecule has 0 saturated carbocycles. The van der Waals surface area contributed by atoms with Gasteiger partial charge in [-0.25, -0.2) is 4.98 Å². The number of carbonyl (C=O) groups excluding carboxylic acids is 1.